The molecule has 0 aromatic heterocycles. The van der Waals surface area contributed by atoms with Crippen LogP contribution in [-0.4, -0.2) is 15.3 Å². The number of phenols is 3. The van der Waals surface area contributed by atoms with Crippen LogP contribution in [0.4, 0.5) is 0 Å². The second-order valence-corrected chi connectivity index (χ2v) is 3.87. The fraction of sp³-hybridized carbons (Fsp3) is 0.143. The van der Waals surface area contributed by atoms with E-state index >= 15 is 0 Å². The van der Waals surface area contributed by atoms with E-state index in [4.69, 9.17) is 0 Å². The SMILES string of the molecule is CCc1ccc(-c2ccc(O)cc2)c(O)c1O. The van der Waals surface area contributed by atoms with Crippen LogP contribution in [0.3, 0.4) is 0 Å². The maximum Gasteiger partial charge on any atom is 0.165 e. The van der Waals surface area contributed by atoms with Gasteiger partial charge in [-0.1, -0.05) is 31.2 Å². The molecule has 0 saturated heterocycles. The van der Waals surface area contributed by atoms with Crippen molar-refractivity contribution in [3.63, 3.8) is 0 Å². The monoisotopic (exact) mass is 230 g/mol. The molecule has 0 aliphatic carbocycles. The molecule has 0 atom stereocenters. The van der Waals surface area contributed by atoms with Gasteiger partial charge < -0.3 is 15.3 Å². The molecular weight excluding hydrogens is 216 g/mol. The van der Waals surface area contributed by atoms with Crippen LogP contribution in [0.25, 0.3) is 11.1 Å². The van der Waals surface area contributed by atoms with Crippen molar-refractivity contribution in [2.24, 2.45) is 0 Å². The summed E-state index contributed by atoms with van der Waals surface area (Å²) in [6, 6.07) is 10.0. The molecule has 2 aromatic rings. The van der Waals surface area contributed by atoms with Crippen LogP contribution < -0.4 is 0 Å². The van der Waals surface area contributed by atoms with Gasteiger partial charge in [-0.05, 0) is 29.7 Å². The van der Waals surface area contributed by atoms with Gasteiger partial charge in [0.2, 0.25) is 0 Å². The molecule has 17 heavy (non-hydrogen) atoms. The standard InChI is InChI=1S/C14H14O3/c1-2-9-5-8-12(14(17)13(9)16)10-3-6-11(15)7-4-10/h3-8,15-17H,2H2,1H3. The summed E-state index contributed by atoms with van der Waals surface area (Å²) in [5.41, 5.74) is 2.02. The minimum Gasteiger partial charge on any atom is -0.508 e. The van der Waals surface area contributed by atoms with Gasteiger partial charge in [0.25, 0.3) is 0 Å². The first-order valence-corrected chi connectivity index (χ1v) is 5.46. The average molecular weight is 230 g/mol. The summed E-state index contributed by atoms with van der Waals surface area (Å²) in [6.07, 6.45) is 0.662. The average Bonchev–Trinajstić information content (AvgIpc) is 2.34. The summed E-state index contributed by atoms with van der Waals surface area (Å²) >= 11 is 0. The number of rotatable bonds is 2. The normalized spacial score (nSPS) is 10.4. The second-order valence-electron chi connectivity index (χ2n) is 3.87. The Bertz CT molecular complexity index is 530. The Labute approximate surface area is 99.6 Å². The lowest BCUT2D eigenvalue weighted by molar-refractivity contribution is 0.401. The molecule has 3 heteroatoms. The van der Waals surface area contributed by atoms with Crippen LogP contribution in [0.2, 0.25) is 0 Å². The molecule has 2 rings (SSSR count). The van der Waals surface area contributed by atoms with Gasteiger partial charge in [-0.15, -0.1) is 0 Å². The Morgan fingerprint density at radius 1 is 0.824 bits per heavy atom. The van der Waals surface area contributed by atoms with Gasteiger partial charge in [0.1, 0.15) is 5.75 Å². The third kappa shape index (κ3) is 2.04. The highest BCUT2D eigenvalue weighted by Gasteiger charge is 2.11. The summed E-state index contributed by atoms with van der Waals surface area (Å²) in [6.45, 7) is 1.91. The second kappa shape index (κ2) is 4.37. The summed E-state index contributed by atoms with van der Waals surface area (Å²) in [5.74, 6) is -0.0178. The first-order chi connectivity index (χ1) is 8.13. The highest BCUT2D eigenvalue weighted by molar-refractivity contribution is 5.74. The van der Waals surface area contributed by atoms with Gasteiger partial charge in [0.05, 0.1) is 0 Å². The molecule has 0 radical (unpaired) electrons. The Kier molecular flexibility index (Phi) is 2.91. The third-order valence-corrected chi connectivity index (χ3v) is 2.79. The summed E-state index contributed by atoms with van der Waals surface area (Å²) in [7, 11) is 0. The minimum absolute atomic E-state index is 0.0712. The van der Waals surface area contributed by atoms with E-state index in [1.807, 2.05) is 6.92 Å². The van der Waals surface area contributed by atoms with Crippen molar-refractivity contribution in [1.29, 1.82) is 0 Å². The molecule has 0 bridgehead atoms. The highest BCUT2D eigenvalue weighted by Crippen LogP contribution is 2.39. The molecule has 3 N–H and O–H groups in total. The summed E-state index contributed by atoms with van der Waals surface area (Å²) in [5, 5.41) is 28.9. The van der Waals surface area contributed by atoms with E-state index in [2.05, 4.69) is 0 Å². The van der Waals surface area contributed by atoms with E-state index in [1.54, 1.807) is 36.4 Å². The number of aryl methyl sites for hydroxylation is 1. The first kappa shape index (κ1) is 11.3. The van der Waals surface area contributed by atoms with Crippen LogP contribution in [0.1, 0.15) is 12.5 Å². The van der Waals surface area contributed by atoms with Gasteiger partial charge in [0.15, 0.2) is 11.5 Å². The van der Waals surface area contributed by atoms with Crippen LogP contribution in [0, 0.1) is 0 Å². The molecule has 0 saturated carbocycles. The Balaban J connectivity index is 2.53. The molecule has 0 spiro atoms. The van der Waals surface area contributed by atoms with E-state index in [9.17, 15) is 15.3 Å². The smallest absolute Gasteiger partial charge is 0.165 e. The fourth-order valence-corrected chi connectivity index (χ4v) is 1.78. The van der Waals surface area contributed by atoms with Crippen molar-refractivity contribution >= 4 is 0 Å². The van der Waals surface area contributed by atoms with E-state index in [0.29, 0.717) is 17.5 Å². The lowest BCUT2D eigenvalue weighted by Crippen LogP contribution is -1.85. The zero-order valence-electron chi connectivity index (χ0n) is 9.51. The zero-order chi connectivity index (χ0) is 12.4. The topological polar surface area (TPSA) is 60.7 Å². The number of phenolic OH excluding ortho intramolecular Hbond substituents is 3. The van der Waals surface area contributed by atoms with Crippen LogP contribution >= 0.6 is 0 Å². The molecule has 2 aromatic carbocycles. The van der Waals surface area contributed by atoms with Gasteiger partial charge in [-0.3, -0.25) is 0 Å². The van der Waals surface area contributed by atoms with Crippen molar-refractivity contribution in [2.45, 2.75) is 13.3 Å². The van der Waals surface area contributed by atoms with Crippen molar-refractivity contribution in [2.75, 3.05) is 0 Å². The zero-order valence-corrected chi connectivity index (χ0v) is 9.51. The van der Waals surface area contributed by atoms with Crippen molar-refractivity contribution in [1.82, 2.24) is 0 Å². The predicted octanol–water partition coefficient (Wildman–Crippen LogP) is 3.03. The molecule has 0 heterocycles. The Hall–Kier alpha value is -2.16. The van der Waals surface area contributed by atoms with Gasteiger partial charge >= 0.3 is 0 Å². The molecule has 0 fully saturated rings. The molecule has 0 aliphatic heterocycles. The highest BCUT2D eigenvalue weighted by atomic mass is 16.3. The van der Waals surface area contributed by atoms with Gasteiger partial charge in [-0.2, -0.15) is 0 Å². The van der Waals surface area contributed by atoms with E-state index in [1.165, 1.54) is 0 Å². The quantitative estimate of drug-likeness (QED) is 0.695. The van der Waals surface area contributed by atoms with Crippen molar-refractivity contribution in [3.8, 4) is 28.4 Å². The Morgan fingerprint density at radius 3 is 2.06 bits per heavy atom. The molecular formula is C14H14O3. The van der Waals surface area contributed by atoms with Crippen molar-refractivity contribution < 1.29 is 15.3 Å². The maximum absolute atomic E-state index is 9.92. The van der Waals surface area contributed by atoms with Crippen LogP contribution in [0.5, 0.6) is 17.2 Å². The van der Waals surface area contributed by atoms with E-state index in [0.717, 1.165) is 5.56 Å². The Morgan fingerprint density at radius 2 is 1.47 bits per heavy atom. The molecule has 0 unspecified atom stereocenters. The third-order valence-electron chi connectivity index (χ3n) is 2.79. The molecule has 3 nitrogen and oxygen atoms in total. The maximum atomic E-state index is 9.92. The van der Waals surface area contributed by atoms with E-state index in [-0.39, 0.29) is 17.2 Å². The summed E-state index contributed by atoms with van der Waals surface area (Å²) < 4.78 is 0. The minimum atomic E-state index is -0.116. The lowest BCUT2D eigenvalue weighted by atomic mass is 10.0. The predicted molar refractivity (Wildman–Crippen MR) is 66.3 cm³/mol. The summed E-state index contributed by atoms with van der Waals surface area (Å²) in [4.78, 5) is 0. The van der Waals surface area contributed by atoms with Crippen LogP contribution in [0.15, 0.2) is 36.4 Å². The molecule has 88 valence electrons. The number of benzene rings is 2. The number of hydrogen-bond acceptors (Lipinski definition) is 3. The molecule has 0 aliphatic rings. The van der Waals surface area contributed by atoms with Gasteiger partial charge in [0, 0.05) is 5.56 Å². The largest absolute Gasteiger partial charge is 0.508 e. The number of hydrogen-bond donors (Lipinski definition) is 3. The van der Waals surface area contributed by atoms with E-state index < -0.39 is 0 Å². The molecule has 0 amide bonds. The first-order valence-electron chi connectivity index (χ1n) is 5.46. The lowest BCUT2D eigenvalue weighted by Gasteiger charge is -2.09. The fourth-order valence-electron chi connectivity index (χ4n) is 1.78. The van der Waals surface area contributed by atoms with Crippen molar-refractivity contribution in [3.05, 3.63) is 42.0 Å². The van der Waals surface area contributed by atoms with Gasteiger partial charge in [-0.25, -0.2) is 0 Å². The number of aromatic hydroxyl groups is 3. The van der Waals surface area contributed by atoms with Crippen LogP contribution in [-0.2, 0) is 6.42 Å².